The summed E-state index contributed by atoms with van der Waals surface area (Å²) in [7, 11) is 0. The van der Waals surface area contributed by atoms with E-state index in [1.165, 1.54) is 43.8 Å². The number of benzene rings is 6. The van der Waals surface area contributed by atoms with Gasteiger partial charge in [0.05, 0.1) is 16.6 Å². The summed E-state index contributed by atoms with van der Waals surface area (Å²) in [6.07, 6.45) is 0. The van der Waals surface area contributed by atoms with Gasteiger partial charge in [-0.1, -0.05) is 102 Å². The van der Waals surface area contributed by atoms with Gasteiger partial charge in [0, 0.05) is 21.8 Å². The first-order chi connectivity index (χ1) is 20.7. The van der Waals surface area contributed by atoms with Gasteiger partial charge in [-0.3, -0.25) is 8.97 Å². The highest BCUT2D eigenvalue weighted by atomic mass is 16.3. The van der Waals surface area contributed by atoms with E-state index in [-0.39, 0.29) is 6.71 Å². The predicted molar refractivity (Wildman–Crippen MR) is 175 cm³/mol. The topological polar surface area (TPSA) is 35.4 Å². The van der Waals surface area contributed by atoms with Gasteiger partial charge in [0.1, 0.15) is 11.1 Å². The van der Waals surface area contributed by atoms with E-state index in [4.69, 9.17) is 9.40 Å². The highest BCUT2D eigenvalue weighted by Gasteiger charge is 2.37. The van der Waals surface area contributed by atoms with Crippen molar-refractivity contribution in [3.05, 3.63) is 120 Å². The van der Waals surface area contributed by atoms with Crippen LogP contribution in [0.15, 0.2) is 114 Å². The van der Waals surface area contributed by atoms with Crippen LogP contribution in [0.25, 0.3) is 66.2 Å². The quantitative estimate of drug-likeness (QED) is 0.224. The molecule has 6 aromatic carbocycles. The molecule has 42 heavy (non-hydrogen) atoms. The van der Waals surface area contributed by atoms with Crippen LogP contribution in [0, 0.1) is 13.8 Å². The summed E-state index contributed by atoms with van der Waals surface area (Å²) in [5, 5.41) is 4.74. The second-order valence-corrected chi connectivity index (χ2v) is 11.7. The van der Waals surface area contributed by atoms with E-state index in [0.717, 1.165) is 50.0 Å². The molecule has 0 aliphatic carbocycles. The number of fused-ring (bicyclic) bond motifs is 4. The molecular formula is C37H24BN3O. The van der Waals surface area contributed by atoms with Crippen molar-refractivity contribution in [3.63, 3.8) is 0 Å². The van der Waals surface area contributed by atoms with Crippen LogP contribution in [-0.2, 0) is 0 Å². The first-order valence-corrected chi connectivity index (χ1v) is 14.5. The fourth-order valence-electron chi connectivity index (χ4n) is 7.74. The summed E-state index contributed by atoms with van der Waals surface area (Å²) < 4.78 is 11.3. The maximum absolute atomic E-state index is 6.60. The summed E-state index contributed by atoms with van der Waals surface area (Å²) >= 11 is 0. The molecule has 1 aliphatic heterocycles. The Balaban J connectivity index is 1.53. The Morgan fingerprint density at radius 1 is 0.690 bits per heavy atom. The SMILES string of the molecule is Cc1cccc(C)c1B1c2cc3c4ccccc4oc3c3nc4n(-c5ccccc5)c5cccc6ccc1c(c65)n4c23. The minimum atomic E-state index is 0.0690. The van der Waals surface area contributed by atoms with Crippen LogP contribution in [0.4, 0.5) is 0 Å². The molecule has 0 bridgehead atoms. The van der Waals surface area contributed by atoms with Crippen molar-refractivity contribution in [1.82, 2.24) is 14.0 Å². The smallest absolute Gasteiger partial charge is 0.247 e. The van der Waals surface area contributed by atoms with Crippen molar-refractivity contribution >= 4 is 83.7 Å². The number of nitrogens with zero attached hydrogens (tertiary/aromatic N) is 3. The molecule has 1 aliphatic rings. The number of para-hydroxylation sites is 2. The van der Waals surface area contributed by atoms with E-state index in [2.05, 4.69) is 126 Å². The minimum absolute atomic E-state index is 0.0690. The van der Waals surface area contributed by atoms with Crippen LogP contribution >= 0.6 is 0 Å². The van der Waals surface area contributed by atoms with Crippen molar-refractivity contribution in [2.24, 2.45) is 0 Å². The number of furan rings is 1. The lowest BCUT2D eigenvalue weighted by molar-refractivity contribution is 0.672. The number of hydrogen-bond acceptors (Lipinski definition) is 2. The molecule has 0 saturated heterocycles. The zero-order chi connectivity index (χ0) is 27.7. The van der Waals surface area contributed by atoms with E-state index in [1.54, 1.807) is 0 Å². The van der Waals surface area contributed by atoms with Gasteiger partial charge in [-0.25, -0.2) is 4.98 Å². The van der Waals surface area contributed by atoms with E-state index in [1.807, 2.05) is 6.07 Å². The monoisotopic (exact) mass is 537 g/mol. The van der Waals surface area contributed by atoms with Crippen molar-refractivity contribution < 1.29 is 4.42 Å². The van der Waals surface area contributed by atoms with Gasteiger partial charge in [-0.05, 0) is 54.4 Å². The predicted octanol–water partition coefficient (Wildman–Crippen LogP) is 6.93. The maximum atomic E-state index is 6.60. The largest absolute Gasteiger partial charge is 0.454 e. The van der Waals surface area contributed by atoms with Gasteiger partial charge in [-0.2, -0.15) is 0 Å². The lowest BCUT2D eigenvalue weighted by Crippen LogP contribution is -2.56. The second-order valence-electron chi connectivity index (χ2n) is 11.7. The van der Waals surface area contributed by atoms with Crippen LogP contribution in [0.5, 0.6) is 0 Å². The number of rotatable bonds is 2. The van der Waals surface area contributed by atoms with Gasteiger partial charge in [0.25, 0.3) is 0 Å². The molecule has 10 rings (SSSR count). The summed E-state index contributed by atoms with van der Waals surface area (Å²) in [4.78, 5) is 5.48. The third-order valence-corrected chi connectivity index (χ3v) is 9.44. The van der Waals surface area contributed by atoms with Crippen LogP contribution in [0.1, 0.15) is 11.1 Å². The number of hydrogen-bond donors (Lipinski definition) is 0. The second kappa shape index (κ2) is 7.71. The molecule has 4 nitrogen and oxygen atoms in total. The van der Waals surface area contributed by atoms with Gasteiger partial charge in [-0.15, -0.1) is 0 Å². The molecule has 196 valence electrons. The van der Waals surface area contributed by atoms with Crippen LogP contribution < -0.4 is 16.4 Å². The first-order valence-electron chi connectivity index (χ1n) is 14.5. The van der Waals surface area contributed by atoms with Gasteiger partial charge >= 0.3 is 0 Å². The minimum Gasteiger partial charge on any atom is -0.454 e. The lowest BCUT2D eigenvalue weighted by Gasteiger charge is -2.28. The molecule has 3 aromatic heterocycles. The van der Waals surface area contributed by atoms with Crippen molar-refractivity contribution in [2.75, 3.05) is 0 Å². The Bertz CT molecular complexity index is 2580. The first kappa shape index (κ1) is 22.4. The third-order valence-electron chi connectivity index (χ3n) is 9.44. The molecule has 0 saturated carbocycles. The highest BCUT2D eigenvalue weighted by Crippen LogP contribution is 2.38. The Morgan fingerprint density at radius 3 is 2.33 bits per heavy atom. The molecule has 9 aromatic rings. The average molecular weight is 537 g/mol. The molecule has 4 heterocycles. The van der Waals surface area contributed by atoms with Crippen LogP contribution in [0.3, 0.4) is 0 Å². The molecule has 5 heteroatoms. The standard InChI is InChI=1S/C37H24BN3O/c1-21-10-8-11-22(2)32(21)38-27-19-18-23-12-9-16-29-31(23)34(27)41-35-28(38)20-26-25-15-6-7-17-30(25)42-36(26)33(35)39-37(41)40(29)24-13-4-3-5-14-24/h3-20H,1-2H3. The van der Waals surface area contributed by atoms with Crippen molar-refractivity contribution in [2.45, 2.75) is 13.8 Å². The molecule has 0 radical (unpaired) electrons. The number of imidazole rings is 1. The summed E-state index contributed by atoms with van der Waals surface area (Å²) in [5.74, 6) is 0.901. The summed E-state index contributed by atoms with van der Waals surface area (Å²) in [6.45, 7) is 4.56. The summed E-state index contributed by atoms with van der Waals surface area (Å²) in [6, 6.07) is 39.3. The zero-order valence-corrected chi connectivity index (χ0v) is 23.2. The fourth-order valence-corrected chi connectivity index (χ4v) is 7.74. The lowest BCUT2D eigenvalue weighted by atomic mass is 9.34. The van der Waals surface area contributed by atoms with E-state index >= 15 is 0 Å². The Labute approximate surface area is 241 Å². The van der Waals surface area contributed by atoms with E-state index in [0.29, 0.717) is 0 Å². The number of aryl methyl sites for hydroxylation is 2. The molecule has 0 fully saturated rings. The normalized spacial score (nSPS) is 13.0. The Morgan fingerprint density at radius 2 is 1.48 bits per heavy atom. The zero-order valence-electron chi connectivity index (χ0n) is 23.2. The van der Waals surface area contributed by atoms with Gasteiger partial charge in [0.15, 0.2) is 5.58 Å². The molecule has 0 unspecified atom stereocenters. The van der Waals surface area contributed by atoms with Crippen molar-refractivity contribution in [3.8, 4) is 5.69 Å². The molecule has 0 N–H and O–H groups in total. The molecule has 0 amide bonds. The van der Waals surface area contributed by atoms with Gasteiger partial charge < -0.3 is 4.42 Å². The third kappa shape index (κ3) is 2.62. The molecular weight excluding hydrogens is 513 g/mol. The van der Waals surface area contributed by atoms with E-state index in [9.17, 15) is 0 Å². The molecule has 0 spiro atoms. The van der Waals surface area contributed by atoms with Crippen LogP contribution in [0.2, 0.25) is 0 Å². The average Bonchev–Trinajstić information content (AvgIpc) is 3.59. The van der Waals surface area contributed by atoms with Crippen molar-refractivity contribution in [1.29, 1.82) is 0 Å². The highest BCUT2D eigenvalue weighted by molar-refractivity contribution is 6.99. The Kier molecular flexibility index (Phi) is 4.11. The van der Waals surface area contributed by atoms with Crippen LogP contribution in [-0.4, -0.2) is 20.7 Å². The molecule has 0 atom stereocenters. The summed E-state index contributed by atoms with van der Waals surface area (Å²) in [5.41, 5.74) is 13.9. The number of aromatic nitrogens is 3. The maximum Gasteiger partial charge on any atom is 0.247 e. The van der Waals surface area contributed by atoms with E-state index < -0.39 is 0 Å². The Hall–Kier alpha value is -5.29. The van der Waals surface area contributed by atoms with Gasteiger partial charge in [0.2, 0.25) is 12.5 Å². The fraction of sp³-hybridized carbons (Fsp3) is 0.0541.